The van der Waals surface area contributed by atoms with E-state index >= 15 is 0 Å². The number of phenols is 1. The number of ether oxygens (including phenoxy) is 1. The van der Waals surface area contributed by atoms with Crippen molar-refractivity contribution < 1.29 is 24.5 Å². The minimum absolute atomic E-state index is 0.0713. The van der Waals surface area contributed by atoms with Crippen LogP contribution >= 0.6 is 0 Å². The first-order valence-corrected chi connectivity index (χ1v) is 10.3. The van der Waals surface area contributed by atoms with Crippen molar-refractivity contribution in [2.75, 3.05) is 20.2 Å². The molecule has 2 atom stereocenters. The second-order valence-corrected chi connectivity index (χ2v) is 8.05. The van der Waals surface area contributed by atoms with Crippen LogP contribution in [-0.4, -0.2) is 59.2 Å². The van der Waals surface area contributed by atoms with Gasteiger partial charge in [0.15, 0.2) is 17.6 Å². The van der Waals surface area contributed by atoms with E-state index in [-0.39, 0.29) is 23.4 Å². The van der Waals surface area contributed by atoms with Crippen LogP contribution in [0.5, 0.6) is 11.5 Å². The van der Waals surface area contributed by atoms with Gasteiger partial charge in [-0.05, 0) is 62.1 Å². The molecule has 1 aliphatic carbocycles. The van der Waals surface area contributed by atoms with Crippen LogP contribution in [0.15, 0.2) is 18.2 Å². The maximum atomic E-state index is 12.9. The molecule has 1 saturated heterocycles. The van der Waals surface area contributed by atoms with E-state index in [0.29, 0.717) is 37.4 Å². The molecule has 5 N–H and O–H groups in total. The molecule has 0 bridgehead atoms. The number of nitrogens with one attached hydrogen (secondary N) is 1. The highest BCUT2D eigenvalue weighted by Gasteiger charge is 2.37. The monoisotopic (exact) mass is 405 g/mol. The van der Waals surface area contributed by atoms with Crippen LogP contribution in [0.1, 0.15) is 50.2 Å². The molecule has 0 spiro atoms. The average molecular weight is 405 g/mol. The highest BCUT2D eigenvalue weighted by molar-refractivity contribution is 5.90. The number of hydrogen-bond acceptors (Lipinski definition) is 6. The van der Waals surface area contributed by atoms with E-state index in [1.165, 1.54) is 30.2 Å². The minimum Gasteiger partial charge on any atom is -0.504 e. The van der Waals surface area contributed by atoms with Gasteiger partial charge in [0, 0.05) is 19.1 Å². The summed E-state index contributed by atoms with van der Waals surface area (Å²) in [5.41, 5.74) is 6.24. The van der Waals surface area contributed by atoms with E-state index in [2.05, 4.69) is 5.32 Å². The molecular formula is C21H31N3O5. The number of nitrogens with zero attached hydrogens (tertiary/aromatic N) is 1. The van der Waals surface area contributed by atoms with Gasteiger partial charge in [0.1, 0.15) is 6.04 Å². The zero-order valence-electron chi connectivity index (χ0n) is 16.8. The van der Waals surface area contributed by atoms with Crippen LogP contribution in [0, 0.1) is 5.92 Å². The molecular weight excluding hydrogens is 374 g/mol. The Morgan fingerprint density at radius 1 is 1.28 bits per heavy atom. The largest absolute Gasteiger partial charge is 0.504 e. The molecule has 29 heavy (non-hydrogen) atoms. The van der Waals surface area contributed by atoms with Gasteiger partial charge in [-0.2, -0.15) is 0 Å². The third-order valence-electron chi connectivity index (χ3n) is 6.05. The first-order valence-electron chi connectivity index (χ1n) is 10.3. The van der Waals surface area contributed by atoms with Gasteiger partial charge >= 0.3 is 0 Å². The highest BCUT2D eigenvalue weighted by atomic mass is 16.5. The quantitative estimate of drug-likeness (QED) is 0.561. The average Bonchev–Trinajstić information content (AvgIpc) is 3.22. The number of methoxy groups -OCH3 is 1. The Kier molecular flexibility index (Phi) is 6.97. The number of amides is 2. The fourth-order valence-electron chi connectivity index (χ4n) is 4.22. The number of carbonyl (C=O) groups excluding carboxylic acids is 2. The minimum atomic E-state index is -1.42. The van der Waals surface area contributed by atoms with Crippen molar-refractivity contribution in [3.05, 3.63) is 23.8 Å². The SMILES string of the molecule is COc1cc([C@@H](O)C(=O)N2CCC[C@H]2C(=O)NCC2CCC(N)CC2)ccc1O. The number of aliphatic hydroxyl groups excluding tert-OH is 1. The molecule has 0 unspecified atom stereocenters. The summed E-state index contributed by atoms with van der Waals surface area (Å²) < 4.78 is 5.04. The highest BCUT2D eigenvalue weighted by Crippen LogP contribution is 2.31. The third-order valence-corrected chi connectivity index (χ3v) is 6.05. The Morgan fingerprint density at radius 2 is 2.00 bits per heavy atom. The van der Waals surface area contributed by atoms with E-state index in [9.17, 15) is 19.8 Å². The van der Waals surface area contributed by atoms with Crippen molar-refractivity contribution in [3.63, 3.8) is 0 Å². The summed E-state index contributed by atoms with van der Waals surface area (Å²) in [5.74, 6) is -0.144. The zero-order chi connectivity index (χ0) is 21.0. The molecule has 3 rings (SSSR count). The van der Waals surface area contributed by atoms with Crippen LogP contribution in [0.4, 0.5) is 0 Å². The fourth-order valence-corrected chi connectivity index (χ4v) is 4.22. The van der Waals surface area contributed by atoms with E-state index in [1.54, 1.807) is 0 Å². The van der Waals surface area contributed by atoms with Crippen molar-refractivity contribution in [1.82, 2.24) is 10.2 Å². The van der Waals surface area contributed by atoms with E-state index in [1.807, 2.05) is 0 Å². The topological polar surface area (TPSA) is 125 Å². The molecule has 0 radical (unpaired) electrons. The Balaban J connectivity index is 1.60. The Hall–Kier alpha value is -2.32. The zero-order valence-corrected chi connectivity index (χ0v) is 16.8. The summed E-state index contributed by atoms with van der Waals surface area (Å²) in [5, 5.41) is 23.2. The van der Waals surface area contributed by atoms with Gasteiger partial charge in [0.2, 0.25) is 5.91 Å². The number of carbonyl (C=O) groups is 2. The third kappa shape index (κ3) is 5.00. The van der Waals surface area contributed by atoms with Crippen LogP contribution in [-0.2, 0) is 9.59 Å². The number of benzene rings is 1. The first-order chi connectivity index (χ1) is 13.9. The van der Waals surface area contributed by atoms with Gasteiger partial charge in [-0.3, -0.25) is 9.59 Å². The number of aliphatic hydroxyl groups is 1. The lowest BCUT2D eigenvalue weighted by molar-refractivity contribution is -0.145. The Morgan fingerprint density at radius 3 is 2.69 bits per heavy atom. The molecule has 1 aromatic rings. The number of rotatable bonds is 6. The molecule has 2 fully saturated rings. The van der Waals surface area contributed by atoms with E-state index in [0.717, 1.165) is 25.7 Å². The summed E-state index contributed by atoms with van der Waals surface area (Å²) in [6, 6.07) is 3.97. The summed E-state index contributed by atoms with van der Waals surface area (Å²) in [7, 11) is 1.40. The van der Waals surface area contributed by atoms with Crippen molar-refractivity contribution >= 4 is 11.8 Å². The predicted molar refractivity (Wildman–Crippen MR) is 107 cm³/mol. The fraction of sp³-hybridized carbons (Fsp3) is 0.619. The number of hydrogen-bond donors (Lipinski definition) is 4. The van der Waals surface area contributed by atoms with Crippen LogP contribution in [0.2, 0.25) is 0 Å². The molecule has 160 valence electrons. The van der Waals surface area contributed by atoms with Gasteiger partial charge in [-0.15, -0.1) is 0 Å². The smallest absolute Gasteiger partial charge is 0.256 e. The Labute approximate surface area is 171 Å². The lowest BCUT2D eigenvalue weighted by Gasteiger charge is -2.29. The first kappa shape index (κ1) is 21.4. The normalized spacial score (nSPS) is 25.5. The van der Waals surface area contributed by atoms with Crippen LogP contribution in [0.3, 0.4) is 0 Å². The van der Waals surface area contributed by atoms with Gasteiger partial charge in [-0.1, -0.05) is 6.07 Å². The number of likely N-dealkylation sites (tertiary alicyclic amines) is 1. The summed E-state index contributed by atoms with van der Waals surface area (Å²) in [6.45, 7) is 1.03. The summed E-state index contributed by atoms with van der Waals surface area (Å²) in [6.07, 6.45) is 3.87. The summed E-state index contributed by atoms with van der Waals surface area (Å²) in [4.78, 5) is 27.0. The van der Waals surface area contributed by atoms with Crippen LogP contribution < -0.4 is 15.8 Å². The number of phenolic OH excluding ortho intramolecular Hbond substituents is 1. The second kappa shape index (κ2) is 9.45. The number of aromatic hydroxyl groups is 1. The molecule has 8 heteroatoms. The van der Waals surface area contributed by atoms with E-state index in [4.69, 9.17) is 10.5 Å². The molecule has 1 aliphatic heterocycles. The molecule has 1 aromatic carbocycles. The molecule has 1 heterocycles. The van der Waals surface area contributed by atoms with Gasteiger partial charge < -0.3 is 30.9 Å². The number of nitrogens with two attached hydrogens (primary N) is 1. The van der Waals surface area contributed by atoms with Gasteiger partial charge in [0.05, 0.1) is 7.11 Å². The molecule has 2 aliphatic rings. The van der Waals surface area contributed by atoms with Crippen LogP contribution in [0.25, 0.3) is 0 Å². The standard InChI is InChI=1S/C21H31N3O5/c1-29-18-11-14(6-9-17(18)25)19(26)21(28)24-10-2-3-16(24)20(27)23-12-13-4-7-15(22)8-5-13/h6,9,11,13,15-16,19,25-26H,2-5,7-8,10,12,22H2,1H3,(H,23,27)/t13?,15?,16-,19+/m0/s1. The predicted octanol–water partition coefficient (Wildman–Crippen LogP) is 1.06. The van der Waals surface area contributed by atoms with Gasteiger partial charge in [0.25, 0.3) is 5.91 Å². The second-order valence-electron chi connectivity index (χ2n) is 8.05. The Bertz CT molecular complexity index is 733. The molecule has 8 nitrogen and oxygen atoms in total. The van der Waals surface area contributed by atoms with Crippen molar-refractivity contribution in [1.29, 1.82) is 0 Å². The molecule has 1 saturated carbocycles. The lowest BCUT2D eigenvalue weighted by Crippen LogP contribution is -2.48. The van der Waals surface area contributed by atoms with E-state index < -0.39 is 18.1 Å². The van der Waals surface area contributed by atoms with Crippen molar-refractivity contribution in [2.24, 2.45) is 11.7 Å². The van der Waals surface area contributed by atoms with Crippen molar-refractivity contribution in [3.8, 4) is 11.5 Å². The van der Waals surface area contributed by atoms with Gasteiger partial charge in [-0.25, -0.2) is 0 Å². The maximum absolute atomic E-state index is 12.9. The lowest BCUT2D eigenvalue weighted by atomic mass is 9.86. The summed E-state index contributed by atoms with van der Waals surface area (Å²) >= 11 is 0. The maximum Gasteiger partial charge on any atom is 0.256 e. The van der Waals surface area contributed by atoms with Crippen molar-refractivity contribution in [2.45, 2.75) is 56.7 Å². The molecule has 2 amide bonds. The molecule has 0 aromatic heterocycles.